The Hall–Kier alpha value is -0.610. The zero-order valence-corrected chi connectivity index (χ0v) is 12.6. The highest BCUT2D eigenvalue weighted by Gasteiger charge is 2.45. The Balaban J connectivity index is 5.16. The lowest BCUT2D eigenvalue weighted by molar-refractivity contribution is -0.161. The number of rotatable bonds is 6. The van der Waals surface area contributed by atoms with Crippen molar-refractivity contribution in [1.82, 2.24) is 0 Å². The maximum Gasteiger partial charge on any atom is 0.313 e. The molecule has 0 heterocycles. The van der Waals surface area contributed by atoms with Gasteiger partial charge in [-0.25, -0.2) is 0 Å². The van der Waals surface area contributed by atoms with Crippen LogP contribution in [-0.2, 0) is 9.53 Å². The van der Waals surface area contributed by atoms with E-state index in [-0.39, 0.29) is 23.8 Å². The largest absolute Gasteiger partial charge is 0.466 e. The van der Waals surface area contributed by atoms with E-state index in [0.29, 0.717) is 13.0 Å². The second-order valence-corrected chi connectivity index (χ2v) is 6.32. The fraction of sp³-hybridized carbons (Fsp3) is 0.929. The number of carbonyl (C=O) groups is 1. The highest BCUT2D eigenvalue weighted by molar-refractivity contribution is 5.77. The highest BCUT2D eigenvalue weighted by atomic mass is 16.5. The Morgan fingerprint density at radius 3 is 2.11 bits per heavy atom. The normalized spacial score (nSPS) is 17.4. The minimum atomic E-state index is -0.803. The van der Waals surface area contributed by atoms with Gasteiger partial charge in [0.25, 0.3) is 0 Å². The quantitative estimate of drug-likeness (QED) is 0.715. The van der Waals surface area contributed by atoms with Crippen molar-refractivity contribution in [3.63, 3.8) is 0 Å². The van der Waals surface area contributed by atoms with Gasteiger partial charge in [0.15, 0.2) is 0 Å². The summed E-state index contributed by atoms with van der Waals surface area (Å²) in [5.74, 6) is -0.274. The maximum absolute atomic E-state index is 12.2. The zero-order chi connectivity index (χ0) is 14.6. The molecule has 0 aromatic rings. The van der Waals surface area contributed by atoms with Crippen LogP contribution in [0.1, 0.15) is 48.0 Å². The third kappa shape index (κ3) is 3.95. The van der Waals surface area contributed by atoms with Crippen LogP contribution in [0.3, 0.4) is 0 Å². The molecule has 2 atom stereocenters. The van der Waals surface area contributed by atoms with Gasteiger partial charge in [0.1, 0.15) is 0 Å². The zero-order valence-electron chi connectivity index (χ0n) is 12.6. The van der Waals surface area contributed by atoms with Gasteiger partial charge in [-0.1, -0.05) is 34.6 Å². The van der Waals surface area contributed by atoms with E-state index in [1.807, 2.05) is 34.6 Å². The van der Waals surface area contributed by atoms with Gasteiger partial charge in [0, 0.05) is 6.54 Å². The first-order chi connectivity index (χ1) is 8.11. The monoisotopic (exact) mass is 259 g/mol. The van der Waals surface area contributed by atoms with E-state index >= 15 is 0 Å². The predicted octanol–water partition coefficient (Wildman–Crippen LogP) is 1.95. The molecule has 0 saturated carbocycles. The number of esters is 1. The van der Waals surface area contributed by atoms with Crippen LogP contribution < -0.4 is 5.73 Å². The highest BCUT2D eigenvalue weighted by Crippen LogP contribution is 2.37. The lowest BCUT2D eigenvalue weighted by atomic mass is 9.69. The maximum atomic E-state index is 12.2. The summed E-state index contributed by atoms with van der Waals surface area (Å²) in [4.78, 5) is 12.2. The summed E-state index contributed by atoms with van der Waals surface area (Å²) in [6.45, 7) is 12.0. The van der Waals surface area contributed by atoms with Gasteiger partial charge in [-0.3, -0.25) is 4.79 Å². The molecule has 0 amide bonds. The van der Waals surface area contributed by atoms with E-state index in [1.165, 1.54) is 0 Å². The van der Waals surface area contributed by atoms with Crippen LogP contribution in [0.25, 0.3) is 0 Å². The molecule has 0 aliphatic heterocycles. The third-order valence-electron chi connectivity index (χ3n) is 3.71. The molecule has 108 valence electrons. The Labute approximate surface area is 111 Å². The van der Waals surface area contributed by atoms with Crippen LogP contribution in [0.2, 0.25) is 0 Å². The summed E-state index contributed by atoms with van der Waals surface area (Å²) in [7, 11) is 0. The van der Waals surface area contributed by atoms with Gasteiger partial charge in [-0.2, -0.15) is 0 Å². The SMILES string of the molecule is CCOC(=O)C(CN)(CC(O)C(C)(C)C)C(C)C. The Bertz CT molecular complexity index is 271. The summed E-state index contributed by atoms with van der Waals surface area (Å²) in [6.07, 6.45) is -0.253. The minimum absolute atomic E-state index is 0.0264. The summed E-state index contributed by atoms with van der Waals surface area (Å²) in [5.41, 5.74) is 4.74. The standard InChI is InChI=1S/C14H29NO3/c1-7-18-12(17)14(9-15,10(2)3)8-11(16)13(4,5)6/h10-11,16H,7-9,15H2,1-6H3. The van der Waals surface area contributed by atoms with Gasteiger partial charge in [-0.15, -0.1) is 0 Å². The number of aliphatic hydroxyl groups excluding tert-OH is 1. The van der Waals surface area contributed by atoms with Gasteiger partial charge in [0.05, 0.1) is 18.1 Å². The molecule has 0 saturated heterocycles. The molecule has 0 aromatic heterocycles. The van der Waals surface area contributed by atoms with Crippen LogP contribution in [-0.4, -0.2) is 30.3 Å². The number of ether oxygens (including phenoxy) is 1. The van der Waals surface area contributed by atoms with Gasteiger partial charge >= 0.3 is 5.97 Å². The second-order valence-electron chi connectivity index (χ2n) is 6.32. The van der Waals surface area contributed by atoms with Crippen molar-refractivity contribution in [1.29, 1.82) is 0 Å². The average molecular weight is 259 g/mol. The topological polar surface area (TPSA) is 72.5 Å². The third-order valence-corrected chi connectivity index (χ3v) is 3.71. The molecule has 4 nitrogen and oxygen atoms in total. The van der Waals surface area contributed by atoms with Crippen molar-refractivity contribution >= 4 is 5.97 Å². The Kier molecular flexibility index (Phi) is 6.30. The number of nitrogens with two attached hydrogens (primary N) is 1. The number of hydrogen-bond acceptors (Lipinski definition) is 4. The summed E-state index contributed by atoms with van der Waals surface area (Å²) >= 11 is 0. The van der Waals surface area contributed by atoms with Gasteiger partial charge in [-0.05, 0) is 24.7 Å². The molecule has 0 spiro atoms. The first kappa shape index (κ1) is 17.4. The van der Waals surface area contributed by atoms with E-state index in [2.05, 4.69) is 0 Å². The number of hydrogen-bond donors (Lipinski definition) is 2. The molecule has 0 aliphatic carbocycles. The lowest BCUT2D eigenvalue weighted by Gasteiger charge is -2.38. The Morgan fingerprint density at radius 1 is 1.33 bits per heavy atom. The van der Waals surface area contributed by atoms with Gasteiger partial charge in [0.2, 0.25) is 0 Å². The molecule has 0 bridgehead atoms. The van der Waals surface area contributed by atoms with Crippen molar-refractivity contribution in [2.45, 2.75) is 54.1 Å². The molecular formula is C14H29NO3. The van der Waals surface area contributed by atoms with Crippen molar-refractivity contribution in [2.75, 3.05) is 13.2 Å². The minimum Gasteiger partial charge on any atom is -0.466 e. The molecule has 2 unspecified atom stereocenters. The van der Waals surface area contributed by atoms with E-state index in [1.54, 1.807) is 6.92 Å². The van der Waals surface area contributed by atoms with Crippen LogP contribution in [0.4, 0.5) is 0 Å². The van der Waals surface area contributed by atoms with Crippen molar-refractivity contribution in [3.8, 4) is 0 Å². The van der Waals surface area contributed by atoms with E-state index in [9.17, 15) is 9.90 Å². The fourth-order valence-corrected chi connectivity index (χ4v) is 1.88. The smallest absolute Gasteiger partial charge is 0.313 e. The molecule has 0 fully saturated rings. The molecule has 0 radical (unpaired) electrons. The van der Waals surface area contributed by atoms with E-state index in [4.69, 9.17) is 10.5 Å². The summed E-state index contributed by atoms with van der Waals surface area (Å²) < 4.78 is 5.14. The molecule has 0 aliphatic rings. The predicted molar refractivity (Wildman–Crippen MR) is 73.0 cm³/mol. The first-order valence-electron chi connectivity index (χ1n) is 6.67. The lowest BCUT2D eigenvalue weighted by Crippen LogP contribution is -2.48. The number of carbonyl (C=O) groups excluding carboxylic acids is 1. The number of aliphatic hydroxyl groups is 1. The second kappa shape index (κ2) is 6.53. The van der Waals surface area contributed by atoms with Gasteiger partial charge < -0.3 is 15.6 Å². The molecule has 18 heavy (non-hydrogen) atoms. The summed E-state index contributed by atoms with van der Waals surface area (Å²) in [5, 5.41) is 10.3. The molecule has 0 rings (SSSR count). The van der Waals surface area contributed by atoms with Crippen LogP contribution >= 0.6 is 0 Å². The van der Waals surface area contributed by atoms with Crippen LogP contribution in [0.5, 0.6) is 0 Å². The van der Waals surface area contributed by atoms with Crippen molar-refractivity contribution < 1.29 is 14.6 Å². The first-order valence-corrected chi connectivity index (χ1v) is 6.67. The molecular weight excluding hydrogens is 230 g/mol. The van der Waals surface area contributed by atoms with Crippen LogP contribution in [0.15, 0.2) is 0 Å². The van der Waals surface area contributed by atoms with Crippen molar-refractivity contribution in [3.05, 3.63) is 0 Å². The molecule has 0 aromatic carbocycles. The van der Waals surface area contributed by atoms with E-state index in [0.717, 1.165) is 0 Å². The van der Waals surface area contributed by atoms with Crippen LogP contribution in [0, 0.1) is 16.7 Å². The summed E-state index contributed by atoms with van der Waals surface area (Å²) in [6, 6.07) is 0. The molecule has 4 heteroatoms. The molecule has 3 N–H and O–H groups in total. The van der Waals surface area contributed by atoms with E-state index < -0.39 is 11.5 Å². The van der Waals surface area contributed by atoms with Crippen molar-refractivity contribution in [2.24, 2.45) is 22.5 Å². The fourth-order valence-electron chi connectivity index (χ4n) is 1.88. The average Bonchev–Trinajstić information content (AvgIpc) is 2.23. The Morgan fingerprint density at radius 2 is 1.83 bits per heavy atom.